The van der Waals surface area contributed by atoms with Gasteiger partial charge in [-0.3, -0.25) is 4.79 Å². The van der Waals surface area contributed by atoms with Crippen molar-refractivity contribution in [1.82, 2.24) is 4.90 Å². The van der Waals surface area contributed by atoms with Crippen LogP contribution in [0.25, 0.3) is 0 Å². The predicted octanol–water partition coefficient (Wildman–Crippen LogP) is 0.123. The SMILES string of the molecule is COC1(C(F)(F)F)CN(C(=O)[C@@H](C)N)C1. The van der Waals surface area contributed by atoms with Gasteiger partial charge in [0.05, 0.1) is 19.1 Å². The monoisotopic (exact) mass is 226 g/mol. The molecule has 1 aliphatic rings. The Hall–Kier alpha value is -0.820. The van der Waals surface area contributed by atoms with Crippen molar-refractivity contribution in [2.45, 2.75) is 24.7 Å². The first-order valence-corrected chi connectivity index (χ1v) is 4.40. The lowest BCUT2D eigenvalue weighted by atomic mass is 9.92. The van der Waals surface area contributed by atoms with E-state index >= 15 is 0 Å². The van der Waals surface area contributed by atoms with Crippen molar-refractivity contribution in [3.8, 4) is 0 Å². The molecule has 15 heavy (non-hydrogen) atoms. The number of halogens is 3. The fourth-order valence-electron chi connectivity index (χ4n) is 1.44. The van der Waals surface area contributed by atoms with Gasteiger partial charge in [0.2, 0.25) is 5.91 Å². The van der Waals surface area contributed by atoms with Crippen LogP contribution < -0.4 is 5.73 Å². The van der Waals surface area contributed by atoms with Gasteiger partial charge in [0.25, 0.3) is 0 Å². The minimum atomic E-state index is -4.46. The van der Waals surface area contributed by atoms with Gasteiger partial charge < -0.3 is 15.4 Å². The van der Waals surface area contributed by atoms with Gasteiger partial charge in [-0.05, 0) is 6.92 Å². The first kappa shape index (κ1) is 12.3. The Balaban J connectivity index is 2.64. The second-order valence-corrected chi connectivity index (χ2v) is 3.68. The van der Waals surface area contributed by atoms with Crippen LogP contribution in [0.2, 0.25) is 0 Å². The van der Waals surface area contributed by atoms with Gasteiger partial charge in [-0.1, -0.05) is 0 Å². The number of alkyl halides is 3. The zero-order chi connectivity index (χ0) is 11.9. The van der Waals surface area contributed by atoms with E-state index in [4.69, 9.17) is 5.73 Å². The lowest BCUT2D eigenvalue weighted by molar-refractivity contribution is -0.306. The maximum absolute atomic E-state index is 12.5. The molecule has 7 heteroatoms. The van der Waals surface area contributed by atoms with Gasteiger partial charge in [0.15, 0.2) is 5.60 Å². The lowest BCUT2D eigenvalue weighted by Gasteiger charge is -2.49. The third kappa shape index (κ3) is 1.93. The van der Waals surface area contributed by atoms with Crippen LogP contribution >= 0.6 is 0 Å². The van der Waals surface area contributed by atoms with Crippen LogP contribution in [0.1, 0.15) is 6.92 Å². The Kier molecular flexibility index (Phi) is 2.97. The molecule has 0 aromatic heterocycles. The number of rotatable bonds is 2. The first-order chi connectivity index (χ1) is 6.73. The van der Waals surface area contributed by atoms with Gasteiger partial charge in [-0.2, -0.15) is 13.2 Å². The average Bonchev–Trinajstić information content (AvgIpc) is 1.99. The van der Waals surface area contributed by atoms with Crippen molar-refractivity contribution < 1.29 is 22.7 Å². The normalized spacial score (nSPS) is 22.1. The number of amides is 1. The average molecular weight is 226 g/mol. The third-order valence-corrected chi connectivity index (χ3v) is 2.50. The van der Waals surface area contributed by atoms with Gasteiger partial charge in [0.1, 0.15) is 0 Å². The Labute approximate surface area is 85.2 Å². The third-order valence-electron chi connectivity index (χ3n) is 2.50. The number of likely N-dealkylation sites (tertiary alicyclic amines) is 1. The quantitative estimate of drug-likeness (QED) is 0.727. The maximum Gasteiger partial charge on any atom is 0.420 e. The molecule has 88 valence electrons. The Bertz CT molecular complexity index is 259. The van der Waals surface area contributed by atoms with E-state index in [1.165, 1.54) is 6.92 Å². The topological polar surface area (TPSA) is 55.6 Å². The van der Waals surface area contributed by atoms with E-state index < -0.39 is 36.8 Å². The summed E-state index contributed by atoms with van der Waals surface area (Å²) in [6.45, 7) is 0.476. The van der Waals surface area contributed by atoms with Crippen molar-refractivity contribution in [3.63, 3.8) is 0 Å². The summed E-state index contributed by atoms with van der Waals surface area (Å²) < 4.78 is 41.9. The van der Waals surface area contributed by atoms with Crippen LogP contribution in [0.4, 0.5) is 13.2 Å². The molecular weight excluding hydrogens is 213 g/mol. The van der Waals surface area contributed by atoms with Gasteiger partial charge in [0, 0.05) is 7.11 Å². The Morgan fingerprint density at radius 3 is 2.27 bits per heavy atom. The van der Waals surface area contributed by atoms with E-state index in [0.717, 1.165) is 12.0 Å². The molecule has 0 saturated carbocycles. The molecule has 1 amide bonds. The van der Waals surface area contributed by atoms with Crippen molar-refractivity contribution in [2.75, 3.05) is 20.2 Å². The molecule has 0 radical (unpaired) electrons. The molecule has 0 aromatic rings. The molecule has 0 spiro atoms. The van der Waals surface area contributed by atoms with Gasteiger partial charge >= 0.3 is 6.18 Å². The van der Waals surface area contributed by atoms with Crippen molar-refractivity contribution in [1.29, 1.82) is 0 Å². The summed E-state index contributed by atoms with van der Waals surface area (Å²) in [5.74, 6) is -0.494. The highest BCUT2D eigenvalue weighted by Crippen LogP contribution is 2.40. The number of nitrogens with zero attached hydrogens (tertiary/aromatic N) is 1. The van der Waals surface area contributed by atoms with Crippen molar-refractivity contribution >= 4 is 5.91 Å². The number of carbonyl (C=O) groups is 1. The first-order valence-electron chi connectivity index (χ1n) is 4.40. The minimum absolute atomic E-state index is 0.479. The second kappa shape index (κ2) is 3.64. The molecule has 1 atom stereocenters. The Morgan fingerprint density at radius 2 is 2.00 bits per heavy atom. The maximum atomic E-state index is 12.5. The molecule has 2 N–H and O–H groups in total. The highest BCUT2D eigenvalue weighted by Gasteiger charge is 2.63. The molecule has 1 rings (SSSR count). The number of nitrogens with two attached hydrogens (primary N) is 1. The molecule has 1 saturated heterocycles. The lowest BCUT2D eigenvalue weighted by Crippen LogP contribution is -2.72. The standard InChI is InChI=1S/C8H13F3N2O2/c1-5(12)6(14)13-3-7(4-13,15-2)8(9,10)11/h5H,3-4,12H2,1-2H3/t5-/m1/s1. The number of ether oxygens (including phenoxy) is 1. The number of carbonyl (C=O) groups excluding carboxylic acids is 1. The summed E-state index contributed by atoms with van der Waals surface area (Å²) in [5.41, 5.74) is 3.06. The largest absolute Gasteiger partial charge is 0.420 e. The summed E-state index contributed by atoms with van der Waals surface area (Å²) in [4.78, 5) is 12.3. The van der Waals surface area contributed by atoms with E-state index in [9.17, 15) is 18.0 Å². The molecule has 1 heterocycles. The van der Waals surface area contributed by atoms with E-state index in [2.05, 4.69) is 4.74 Å². The number of hydrogen-bond donors (Lipinski definition) is 1. The van der Waals surface area contributed by atoms with E-state index in [1.807, 2.05) is 0 Å². The second-order valence-electron chi connectivity index (χ2n) is 3.68. The highest BCUT2D eigenvalue weighted by atomic mass is 19.4. The van der Waals surface area contributed by atoms with Crippen LogP contribution in [0, 0.1) is 0 Å². The van der Waals surface area contributed by atoms with Crippen LogP contribution in [0.5, 0.6) is 0 Å². The van der Waals surface area contributed by atoms with Gasteiger partial charge in [-0.25, -0.2) is 0 Å². The van der Waals surface area contributed by atoms with E-state index in [0.29, 0.717) is 0 Å². The fourth-order valence-corrected chi connectivity index (χ4v) is 1.44. The van der Waals surface area contributed by atoms with Gasteiger partial charge in [-0.15, -0.1) is 0 Å². The zero-order valence-corrected chi connectivity index (χ0v) is 8.47. The number of methoxy groups -OCH3 is 1. The molecule has 0 unspecified atom stereocenters. The number of hydrogen-bond acceptors (Lipinski definition) is 3. The van der Waals surface area contributed by atoms with Crippen LogP contribution in [0.15, 0.2) is 0 Å². The van der Waals surface area contributed by atoms with Crippen molar-refractivity contribution in [3.05, 3.63) is 0 Å². The molecule has 1 fully saturated rings. The molecule has 1 aliphatic heterocycles. The van der Waals surface area contributed by atoms with Crippen LogP contribution in [-0.4, -0.2) is 48.8 Å². The minimum Gasteiger partial charge on any atom is -0.365 e. The molecule has 0 aliphatic carbocycles. The predicted molar refractivity (Wildman–Crippen MR) is 46.0 cm³/mol. The zero-order valence-electron chi connectivity index (χ0n) is 8.47. The summed E-state index contributed by atoms with van der Waals surface area (Å²) >= 11 is 0. The Morgan fingerprint density at radius 1 is 1.53 bits per heavy atom. The highest BCUT2D eigenvalue weighted by molar-refractivity contribution is 5.82. The molecule has 4 nitrogen and oxygen atoms in total. The van der Waals surface area contributed by atoms with E-state index in [-0.39, 0.29) is 0 Å². The summed E-state index contributed by atoms with van der Waals surface area (Å²) in [6.07, 6.45) is -4.46. The van der Waals surface area contributed by atoms with E-state index in [1.54, 1.807) is 0 Å². The van der Waals surface area contributed by atoms with Crippen molar-refractivity contribution in [2.24, 2.45) is 5.73 Å². The summed E-state index contributed by atoms with van der Waals surface area (Å²) in [7, 11) is 0.987. The molecule has 0 bridgehead atoms. The summed E-state index contributed by atoms with van der Waals surface area (Å²) in [6, 6.07) is -0.784. The van der Waals surface area contributed by atoms with Crippen LogP contribution in [-0.2, 0) is 9.53 Å². The smallest absolute Gasteiger partial charge is 0.365 e. The summed E-state index contributed by atoms with van der Waals surface area (Å²) in [5, 5.41) is 0. The van der Waals surface area contributed by atoms with Crippen LogP contribution in [0.3, 0.4) is 0 Å². The molecule has 0 aromatic carbocycles. The molecular formula is C8H13F3N2O2. The fraction of sp³-hybridized carbons (Fsp3) is 0.875.